The van der Waals surface area contributed by atoms with Gasteiger partial charge in [-0.05, 0) is 0 Å². The van der Waals surface area contributed by atoms with Crippen LogP contribution in [0.5, 0.6) is 0 Å². The second kappa shape index (κ2) is 7.10. The van der Waals surface area contributed by atoms with Gasteiger partial charge < -0.3 is 0 Å². The van der Waals surface area contributed by atoms with Crippen LogP contribution in [-0.4, -0.2) is 25.0 Å². The minimum atomic E-state index is -0.419. The second-order valence-electron chi connectivity index (χ2n) is 5.28. The molecule has 1 N–H and O–H groups in total. The Morgan fingerprint density at radius 1 is 1.09 bits per heavy atom. The van der Waals surface area contributed by atoms with E-state index in [0.29, 0.717) is 0 Å². The normalized spacial score (nSPS) is 14.1. The van der Waals surface area contributed by atoms with Crippen LogP contribution in [-0.2, 0) is 0 Å². The fourth-order valence-electron chi connectivity index (χ4n) is 2.45. The van der Waals surface area contributed by atoms with Crippen LogP contribution in [0, 0.1) is 5.92 Å². The standard InChI is InChI=1S/C18H19NO2Se/c1-2-13(17(20)14-8-4-3-5-9-14)12-22-18-19-15-10-6-7-11-16(15)21-18/h3-11,13,17,20H,2,12H2,1H3/t13-,17+/m0/s1. The summed E-state index contributed by atoms with van der Waals surface area (Å²) in [6, 6.07) is 17.7. The molecule has 3 rings (SSSR count). The van der Waals surface area contributed by atoms with Crippen LogP contribution in [0.15, 0.2) is 59.0 Å². The van der Waals surface area contributed by atoms with E-state index in [1.54, 1.807) is 0 Å². The Hall–Kier alpha value is -1.61. The Balaban J connectivity index is 1.68. The van der Waals surface area contributed by atoms with Crippen molar-refractivity contribution in [2.45, 2.75) is 24.8 Å². The Morgan fingerprint density at radius 3 is 2.55 bits per heavy atom. The molecule has 0 aliphatic carbocycles. The van der Waals surface area contributed by atoms with E-state index in [9.17, 15) is 5.11 Å². The molecule has 0 unspecified atom stereocenters. The van der Waals surface area contributed by atoms with E-state index in [2.05, 4.69) is 11.9 Å². The summed E-state index contributed by atoms with van der Waals surface area (Å²) in [4.78, 5) is 5.34. The number of aliphatic hydroxyl groups excluding tert-OH is 1. The predicted molar refractivity (Wildman–Crippen MR) is 89.4 cm³/mol. The Labute approximate surface area is 136 Å². The predicted octanol–water partition coefficient (Wildman–Crippen LogP) is 3.34. The first-order valence-corrected chi connectivity index (χ1v) is 9.56. The van der Waals surface area contributed by atoms with Gasteiger partial charge in [0.25, 0.3) is 0 Å². The quantitative estimate of drug-likeness (QED) is 0.686. The molecule has 0 aliphatic rings. The van der Waals surface area contributed by atoms with Gasteiger partial charge in [-0.25, -0.2) is 0 Å². The topological polar surface area (TPSA) is 46.3 Å². The molecule has 4 heteroatoms. The van der Waals surface area contributed by atoms with Crippen LogP contribution in [0.1, 0.15) is 25.0 Å². The molecule has 0 bridgehead atoms. The van der Waals surface area contributed by atoms with Crippen molar-refractivity contribution in [2.24, 2.45) is 5.92 Å². The maximum atomic E-state index is 10.6. The van der Waals surface area contributed by atoms with Crippen molar-refractivity contribution in [1.29, 1.82) is 0 Å². The first kappa shape index (κ1) is 15.3. The molecule has 3 nitrogen and oxygen atoms in total. The fraction of sp³-hybridized carbons (Fsp3) is 0.278. The van der Waals surface area contributed by atoms with Gasteiger partial charge in [-0.15, -0.1) is 0 Å². The van der Waals surface area contributed by atoms with Gasteiger partial charge in [0.05, 0.1) is 0 Å². The van der Waals surface area contributed by atoms with E-state index in [-0.39, 0.29) is 20.9 Å². The van der Waals surface area contributed by atoms with E-state index in [1.807, 2.05) is 54.6 Å². The SMILES string of the molecule is CC[C@@H](C[Se]c1nc2ccccc2o1)[C@@H](O)c1ccccc1. The Bertz CT molecular complexity index is 693. The number of aliphatic hydroxyl groups is 1. The van der Waals surface area contributed by atoms with Crippen LogP contribution >= 0.6 is 0 Å². The van der Waals surface area contributed by atoms with Crippen LogP contribution in [0.3, 0.4) is 0 Å². The molecule has 0 saturated carbocycles. The molecule has 0 fully saturated rings. The first-order chi connectivity index (χ1) is 10.8. The van der Waals surface area contributed by atoms with Gasteiger partial charge in [0.15, 0.2) is 0 Å². The van der Waals surface area contributed by atoms with Crippen molar-refractivity contribution >= 4 is 30.8 Å². The monoisotopic (exact) mass is 361 g/mol. The molecule has 0 spiro atoms. The van der Waals surface area contributed by atoms with Crippen molar-refractivity contribution in [2.75, 3.05) is 0 Å². The Morgan fingerprint density at radius 2 is 1.82 bits per heavy atom. The van der Waals surface area contributed by atoms with Crippen LogP contribution < -0.4 is 4.79 Å². The van der Waals surface area contributed by atoms with E-state index < -0.39 is 6.10 Å². The third kappa shape index (κ3) is 3.41. The number of hydrogen-bond donors (Lipinski definition) is 1. The summed E-state index contributed by atoms with van der Waals surface area (Å²) in [5, 5.41) is 11.5. The van der Waals surface area contributed by atoms with Gasteiger partial charge >= 0.3 is 136 Å². The van der Waals surface area contributed by atoms with Gasteiger partial charge in [-0.2, -0.15) is 0 Å². The zero-order chi connectivity index (χ0) is 15.4. The van der Waals surface area contributed by atoms with Gasteiger partial charge in [0.1, 0.15) is 0 Å². The number of rotatable bonds is 6. The summed E-state index contributed by atoms with van der Waals surface area (Å²) in [6.07, 6.45) is 0.523. The third-order valence-electron chi connectivity index (χ3n) is 3.81. The van der Waals surface area contributed by atoms with Gasteiger partial charge in [-0.1, -0.05) is 0 Å². The van der Waals surface area contributed by atoms with Crippen molar-refractivity contribution in [3.05, 3.63) is 60.2 Å². The van der Waals surface area contributed by atoms with E-state index >= 15 is 0 Å². The van der Waals surface area contributed by atoms with Crippen molar-refractivity contribution in [3.63, 3.8) is 0 Å². The number of oxazole rings is 1. The minimum absolute atomic E-state index is 0.134. The van der Waals surface area contributed by atoms with Gasteiger partial charge in [-0.3, -0.25) is 0 Å². The van der Waals surface area contributed by atoms with Crippen LogP contribution in [0.25, 0.3) is 11.1 Å². The summed E-state index contributed by atoms with van der Waals surface area (Å²) in [5.41, 5.74) is 2.75. The molecule has 0 aliphatic heterocycles. The number of nitrogens with zero attached hydrogens (tertiary/aromatic N) is 1. The van der Waals surface area contributed by atoms with Crippen molar-refractivity contribution < 1.29 is 9.52 Å². The first-order valence-electron chi connectivity index (χ1n) is 7.49. The van der Waals surface area contributed by atoms with Crippen LogP contribution in [0.4, 0.5) is 0 Å². The van der Waals surface area contributed by atoms with E-state index in [4.69, 9.17) is 4.42 Å². The number of hydrogen-bond acceptors (Lipinski definition) is 3. The number of benzene rings is 2. The second-order valence-corrected chi connectivity index (χ2v) is 7.32. The average Bonchev–Trinajstić information content (AvgIpc) is 2.99. The molecule has 0 radical (unpaired) electrons. The zero-order valence-corrected chi connectivity index (χ0v) is 14.2. The van der Waals surface area contributed by atoms with Crippen molar-refractivity contribution in [3.8, 4) is 0 Å². The molecule has 2 atom stereocenters. The molecule has 2 aromatic carbocycles. The van der Waals surface area contributed by atoms with E-state index in [0.717, 1.165) is 33.2 Å². The number of aromatic nitrogens is 1. The van der Waals surface area contributed by atoms with E-state index in [1.165, 1.54) is 0 Å². The van der Waals surface area contributed by atoms with Gasteiger partial charge in [0, 0.05) is 0 Å². The summed E-state index contributed by atoms with van der Waals surface area (Å²) in [6.45, 7) is 2.12. The summed E-state index contributed by atoms with van der Waals surface area (Å²) in [7, 11) is 0. The molecular formula is C18H19NO2Se. The van der Waals surface area contributed by atoms with Crippen LogP contribution in [0.2, 0.25) is 5.32 Å². The zero-order valence-electron chi connectivity index (χ0n) is 12.5. The summed E-state index contributed by atoms with van der Waals surface area (Å²) < 4.78 is 5.78. The molecule has 3 aromatic rings. The molecular weight excluding hydrogens is 341 g/mol. The summed E-state index contributed by atoms with van der Waals surface area (Å²) in [5.74, 6) is 0.234. The number of para-hydroxylation sites is 2. The third-order valence-corrected chi connectivity index (χ3v) is 5.94. The van der Waals surface area contributed by atoms with Crippen molar-refractivity contribution in [1.82, 2.24) is 4.98 Å². The summed E-state index contributed by atoms with van der Waals surface area (Å²) >= 11 is 0.134. The number of fused-ring (bicyclic) bond motifs is 1. The average molecular weight is 360 g/mol. The van der Waals surface area contributed by atoms with Gasteiger partial charge in [0.2, 0.25) is 0 Å². The molecule has 22 heavy (non-hydrogen) atoms. The maximum absolute atomic E-state index is 10.6. The molecule has 1 aromatic heterocycles. The fourth-order valence-corrected chi connectivity index (χ4v) is 4.72. The molecule has 0 amide bonds. The Kier molecular flexibility index (Phi) is 4.93. The molecule has 0 saturated heterocycles. The molecule has 114 valence electrons. The molecule has 1 heterocycles.